The molecule has 0 unspecified atom stereocenters. The van der Waals surface area contributed by atoms with Crippen molar-refractivity contribution in [1.82, 2.24) is 4.57 Å². The van der Waals surface area contributed by atoms with E-state index in [1.165, 1.54) is 12.1 Å². The van der Waals surface area contributed by atoms with Gasteiger partial charge >= 0.3 is 0 Å². The standard InChI is InChI=1S/C12H9FINO/c13-10-1-3-11(4-2-10)15-6-5-9(8-15)12(16)7-14/h1-6,8H,7H2. The van der Waals surface area contributed by atoms with Crippen molar-refractivity contribution < 1.29 is 9.18 Å². The second-order valence-electron chi connectivity index (χ2n) is 3.34. The van der Waals surface area contributed by atoms with Crippen LogP contribution in [0.5, 0.6) is 0 Å². The van der Waals surface area contributed by atoms with Gasteiger partial charge in [0.1, 0.15) is 5.82 Å². The lowest BCUT2D eigenvalue weighted by molar-refractivity contribution is 0.102. The summed E-state index contributed by atoms with van der Waals surface area (Å²) in [6.07, 6.45) is 3.56. The highest BCUT2D eigenvalue weighted by molar-refractivity contribution is 14.1. The van der Waals surface area contributed by atoms with Crippen molar-refractivity contribution in [3.8, 4) is 5.69 Å². The summed E-state index contributed by atoms with van der Waals surface area (Å²) in [5, 5.41) is 0. The molecule has 4 heteroatoms. The highest BCUT2D eigenvalue weighted by Gasteiger charge is 2.06. The third-order valence-corrected chi connectivity index (χ3v) is 2.95. The summed E-state index contributed by atoms with van der Waals surface area (Å²) in [6, 6.07) is 7.91. The van der Waals surface area contributed by atoms with E-state index < -0.39 is 0 Å². The third-order valence-electron chi connectivity index (χ3n) is 2.26. The Morgan fingerprint density at radius 1 is 1.25 bits per heavy atom. The zero-order chi connectivity index (χ0) is 11.5. The van der Waals surface area contributed by atoms with Gasteiger partial charge in [0.2, 0.25) is 0 Å². The summed E-state index contributed by atoms with van der Waals surface area (Å²) in [7, 11) is 0. The van der Waals surface area contributed by atoms with E-state index in [9.17, 15) is 9.18 Å². The minimum Gasteiger partial charge on any atom is -0.323 e. The van der Waals surface area contributed by atoms with Crippen LogP contribution in [0.25, 0.3) is 5.69 Å². The average molecular weight is 329 g/mol. The van der Waals surface area contributed by atoms with Crippen LogP contribution in [0.1, 0.15) is 10.4 Å². The molecule has 16 heavy (non-hydrogen) atoms. The van der Waals surface area contributed by atoms with E-state index >= 15 is 0 Å². The zero-order valence-electron chi connectivity index (χ0n) is 8.36. The summed E-state index contributed by atoms with van der Waals surface area (Å²) in [4.78, 5) is 11.4. The molecular formula is C12H9FINO. The lowest BCUT2D eigenvalue weighted by atomic mass is 10.2. The molecule has 0 saturated heterocycles. The van der Waals surface area contributed by atoms with Gasteiger partial charge in [-0.25, -0.2) is 4.39 Å². The Hall–Kier alpha value is -1.17. The van der Waals surface area contributed by atoms with E-state index in [1.54, 1.807) is 35.2 Å². The average Bonchev–Trinajstić information content (AvgIpc) is 2.78. The lowest BCUT2D eigenvalue weighted by Gasteiger charge is -2.01. The Bertz CT molecular complexity index is 504. The summed E-state index contributed by atoms with van der Waals surface area (Å²) in [5.41, 5.74) is 1.52. The van der Waals surface area contributed by atoms with Crippen LogP contribution in [0.4, 0.5) is 4.39 Å². The number of aromatic nitrogens is 1. The van der Waals surface area contributed by atoms with Gasteiger partial charge in [0.15, 0.2) is 5.78 Å². The molecule has 0 atom stereocenters. The van der Waals surface area contributed by atoms with E-state index in [-0.39, 0.29) is 11.6 Å². The molecule has 0 aliphatic carbocycles. The van der Waals surface area contributed by atoms with Crippen LogP contribution < -0.4 is 0 Å². The number of hydrogen-bond donors (Lipinski definition) is 0. The van der Waals surface area contributed by atoms with E-state index in [2.05, 4.69) is 0 Å². The van der Waals surface area contributed by atoms with Crippen LogP contribution in [0.2, 0.25) is 0 Å². The summed E-state index contributed by atoms with van der Waals surface area (Å²) in [5.74, 6) is -0.166. The van der Waals surface area contributed by atoms with Crippen molar-refractivity contribution in [2.24, 2.45) is 0 Å². The Morgan fingerprint density at radius 2 is 1.94 bits per heavy atom. The molecule has 0 aliphatic rings. The van der Waals surface area contributed by atoms with Gasteiger partial charge in [-0.05, 0) is 30.3 Å². The molecule has 0 spiro atoms. The number of ketones is 1. The van der Waals surface area contributed by atoms with Gasteiger partial charge < -0.3 is 4.57 Å². The first kappa shape index (κ1) is 11.3. The molecule has 0 fully saturated rings. The summed E-state index contributed by atoms with van der Waals surface area (Å²) < 4.78 is 15.0. The molecule has 2 aromatic rings. The molecule has 0 bridgehead atoms. The van der Waals surface area contributed by atoms with Crippen LogP contribution in [0.3, 0.4) is 0 Å². The number of alkyl halides is 1. The number of rotatable bonds is 3. The van der Waals surface area contributed by atoms with Crippen LogP contribution in [-0.4, -0.2) is 14.8 Å². The van der Waals surface area contributed by atoms with Gasteiger partial charge in [-0.1, -0.05) is 22.6 Å². The smallest absolute Gasteiger partial charge is 0.174 e. The number of halogens is 2. The van der Waals surface area contributed by atoms with E-state index in [0.717, 1.165) is 5.69 Å². The summed E-state index contributed by atoms with van der Waals surface area (Å²) in [6.45, 7) is 0. The Labute approximate surface area is 106 Å². The van der Waals surface area contributed by atoms with E-state index in [1.807, 2.05) is 22.6 Å². The first-order valence-electron chi connectivity index (χ1n) is 4.74. The van der Waals surface area contributed by atoms with Crippen molar-refractivity contribution in [2.45, 2.75) is 0 Å². The van der Waals surface area contributed by atoms with Gasteiger partial charge in [-0.2, -0.15) is 0 Å². The topological polar surface area (TPSA) is 22.0 Å². The minimum atomic E-state index is -0.264. The first-order valence-corrected chi connectivity index (χ1v) is 6.26. The number of hydrogen-bond acceptors (Lipinski definition) is 1. The fourth-order valence-electron chi connectivity index (χ4n) is 1.41. The third kappa shape index (κ3) is 2.32. The number of Topliss-reactive ketones (excluding diaryl/α,β-unsaturated/α-hetero) is 1. The monoisotopic (exact) mass is 329 g/mol. The Morgan fingerprint density at radius 3 is 2.56 bits per heavy atom. The van der Waals surface area contributed by atoms with Crippen molar-refractivity contribution in [3.63, 3.8) is 0 Å². The Balaban J connectivity index is 2.31. The SMILES string of the molecule is O=C(CI)c1ccn(-c2ccc(F)cc2)c1. The molecule has 1 heterocycles. The molecular weight excluding hydrogens is 320 g/mol. The molecule has 1 aromatic heterocycles. The zero-order valence-corrected chi connectivity index (χ0v) is 10.5. The molecule has 2 rings (SSSR count). The predicted molar refractivity (Wildman–Crippen MR) is 68.9 cm³/mol. The fraction of sp³-hybridized carbons (Fsp3) is 0.0833. The number of nitrogens with zero attached hydrogens (tertiary/aromatic N) is 1. The molecule has 82 valence electrons. The summed E-state index contributed by atoms with van der Waals surface area (Å²) >= 11 is 2.04. The number of carbonyl (C=O) groups is 1. The highest BCUT2D eigenvalue weighted by atomic mass is 127. The van der Waals surface area contributed by atoms with Gasteiger partial charge in [0.05, 0.1) is 4.43 Å². The highest BCUT2D eigenvalue weighted by Crippen LogP contribution is 2.12. The maximum absolute atomic E-state index is 12.7. The number of carbonyl (C=O) groups excluding carboxylic acids is 1. The molecule has 0 amide bonds. The number of benzene rings is 1. The van der Waals surface area contributed by atoms with Crippen molar-refractivity contribution >= 4 is 28.4 Å². The fourth-order valence-corrected chi connectivity index (χ4v) is 1.85. The van der Waals surface area contributed by atoms with Gasteiger partial charge in [-0.15, -0.1) is 0 Å². The predicted octanol–water partition coefficient (Wildman–Crippen LogP) is 3.23. The van der Waals surface area contributed by atoms with Gasteiger partial charge in [0.25, 0.3) is 0 Å². The largest absolute Gasteiger partial charge is 0.323 e. The van der Waals surface area contributed by atoms with Crippen LogP contribution in [0, 0.1) is 5.82 Å². The molecule has 2 nitrogen and oxygen atoms in total. The van der Waals surface area contributed by atoms with Gasteiger partial charge in [-0.3, -0.25) is 4.79 Å². The molecule has 0 aliphatic heterocycles. The lowest BCUT2D eigenvalue weighted by Crippen LogP contribution is -1.97. The second kappa shape index (κ2) is 4.78. The van der Waals surface area contributed by atoms with E-state index in [4.69, 9.17) is 0 Å². The van der Waals surface area contributed by atoms with Crippen LogP contribution in [-0.2, 0) is 0 Å². The second-order valence-corrected chi connectivity index (χ2v) is 4.10. The Kier molecular flexibility index (Phi) is 3.38. The van der Waals surface area contributed by atoms with Crippen molar-refractivity contribution in [3.05, 3.63) is 54.1 Å². The first-order chi connectivity index (χ1) is 7.70. The minimum absolute atomic E-state index is 0.0986. The van der Waals surface area contributed by atoms with Crippen molar-refractivity contribution in [2.75, 3.05) is 4.43 Å². The van der Waals surface area contributed by atoms with E-state index in [0.29, 0.717) is 9.99 Å². The molecule has 0 radical (unpaired) electrons. The maximum Gasteiger partial charge on any atom is 0.174 e. The normalized spacial score (nSPS) is 10.4. The molecule has 1 aromatic carbocycles. The quantitative estimate of drug-likeness (QED) is 0.481. The molecule has 0 N–H and O–H groups in total. The van der Waals surface area contributed by atoms with Crippen LogP contribution >= 0.6 is 22.6 Å². The van der Waals surface area contributed by atoms with Gasteiger partial charge in [0, 0.05) is 23.6 Å². The maximum atomic E-state index is 12.7. The molecule has 0 saturated carbocycles. The van der Waals surface area contributed by atoms with Crippen LogP contribution in [0.15, 0.2) is 42.7 Å². The van der Waals surface area contributed by atoms with Crippen molar-refractivity contribution in [1.29, 1.82) is 0 Å².